The van der Waals surface area contributed by atoms with Crippen molar-refractivity contribution in [3.05, 3.63) is 24.3 Å². The molecule has 0 spiro atoms. The molecule has 4 amide bonds. The van der Waals surface area contributed by atoms with Gasteiger partial charge in [-0.2, -0.15) is 0 Å². The van der Waals surface area contributed by atoms with Crippen molar-refractivity contribution in [1.29, 1.82) is 0 Å². The maximum Gasteiger partial charge on any atom is 0.413 e. The van der Waals surface area contributed by atoms with Crippen molar-refractivity contribution in [1.82, 2.24) is 5.32 Å². The summed E-state index contributed by atoms with van der Waals surface area (Å²) in [5.41, 5.74) is 6.58. The van der Waals surface area contributed by atoms with Crippen LogP contribution >= 0.6 is 0 Å². The van der Waals surface area contributed by atoms with Crippen LogP contribution in [0, 0.1) is 5.92 Å². The highest BCUT2D eigenvalue weighted by molar-refractivity contribution is 5.91. The molecule has 0 saturated heterocycles. The first-order valence-electron chi connectivity index (χ1n) is 8.19. The van der Waals surface area contributed by atoms with Gasteiger partial charge in [0.2, 0.25) is 5.91 Å². The molecular weight excluding hydrogens is 324 g/mol. The summed E-state index contributed by atoms with van der Waals surface area (Å²) in [4.78, 5) is 36.0. The van der Waals surface area contributed by atoms with E-state index >= 15 is 0 Å². The molecule has 8 heteroatoms. The largest absolute Gasteiger partial charge is 0.452 e. The summed E-state index contributed by atoms with van der Waals surface area (Å²) < 4.78 is 4.65. The van der Waals surface area contributed by atoms with E-state index in [0.29, 0.717) is 24.2 Å². The van der Waals surface area contributed by atoms with Gasteiger partial charge in [-0.25, -0.2) is 9.59 Å². The van der Waals surface area contributed by atoms with Crippen molar-refractivity contribution in [2.24, 2.45) is 11.7 Å². The van der Waals surface area contributed by atoms with Crippen LogP contribution in [0.1, 0.15) is 25.7 Å². The number of carbonyl (C=O) groups is 3. The number of anilines is 2. The number of ether oxygens (including phenoxy) is 1. The molecule has 25 heavy (non-hydrogen) atoms. The minimum atomic E-state index is -0.468. The topological polar surface area (TPSA) is 114 Å². The van der Waals surface area contributed by atoms with E-state index in [1.54, 1.807) is 31.3 Å². The quantitative estimate of drug-likeness (QED) is 0.772. The summed E-state index contributed by atoms with van der Waals surface area (Å²) in [6.07, 6.45) is 2.42. The normalized spacial score (nSPS) is 19.6. The van der Waals surface area contributed by atoms with Crippen molar-refractivity contribution in [3.8, 4) is 0 Å². The lowest BCUT2D eigenvalue weighted by atomic mass is 9.86. The molecule has 0 aromatic heterocycles. The molecule has 1 aromatic rings. The van der Waals surface area contributed by atoms with Gasteiger partial charge in [0.25, 0.3) is 0 Å². The maximum absolute atomic E-state index is 12.1. The van der Waals surface area contributed by atoms with Gasteiger partial charge >= 0.3 is 12.1 Å². The van der Waals surface area contributed by atoms with E-state index in [-0.39, 0.29) is 23.9 Å². The number of carbonyl (C=O) groups excluding carboxylic acids is 3. The molecule has 0 atom stereocenters. The smallest absolute Gasteiger partial charge is 0.413 e. The third-order valence-corrected chi connectivity index (χ3v) is 4.43. The van der Waals surface area contributed by atoms with Crippen LogP contribution in [0.3, 0.4) is 0 Å². The molecule has 4 N–H and O–H groups in total. The standard InChI is InChI=1S/C17H24N4O4/c1-21(17(24)25-2)14-9-7-13(8-10-14)20-16(23)19-12-5-3-11(4-6-12)15(18)22/h7-12H,3-6H2,1-2H3,(H2,18,22)(H2,19,20,23). The third kappa shape index (κ3) is 5.10. The molecule has 1 fully saturated rings. The number of amides is 4. The van der Waals surface area contributed by atoms with Gasteiger partial charge in [-0.05, 0) is 49.9 Å². The Kier molecular flexibility index (Phi) is 6.21. The lowest BCUT2D eigenvalue weighted by molar-refractivity contribution is -0.122. The fraction of sp³-hybridized carbons (Fsp3) is 0.471. The maximum atomic E-state index is 12.1. The molecule has 1 aromatic carbocycles. The van der Waals surface area contributed by atoms with Gasteiger partial charge < -0.3 is 21.1 Å². The van der Waals surface area contributed by atoms with Crippen LogP contribution in [-0.2, 0) is 9.53 Å². The second kappa shape index (κ2) is 8.36. The zero-order valence-electron chi connectivity index (χ0n) is 14.5. The molecule has 0 heterocycles. The van der Waals surface area contributed by atoms with E-state index < -0.39 is 6.09 Å². The average molecular weight is 348 g/mol. The molecule has 0 bridgehead atoms. The Hall–Kier alpha value is -2.77. The Labute approximate surface area is 146 Å². The summed E-state index contributed by atoms with van der Waals surface area (Å²) in [6, 6.07) is 6.59. The van der Waals surface area contributed by atoms with Gasteiger partial charge in [-0.1, -0.05) is 0 Å². The first-order chi connectivity index (χ1) is 11.9. The molecule has 136 valence electrons. The Morgan fingerprint density at radius 3 is 2.24 bits per heavy atom. The van der Waals surface area contributed by atoms with Crippen LogP contribution in [0.15, 0.2) is 24.3 Å². The molecule has 1 aliphatic rings. The molecule has 0 radical (unpaired) electrons. The van der Waals surface area contributed by atoms with Gasteiger partial charge in [0, 0.05) is 30.4 Å². The first kappa shape index (κ1) is 18.6. The predicted molar refractivity (Wildman–Crippen MR) is 94.3 cm³/mol. The second-order valence-electron chi connectivity index (χ2n) is 6.13. The van der Waals surface area contributed by atoms with Gasteiger partial charge in [0.05, 0.1) is 7.11 Å². The van der Waals surface area contributed by atoms with Gasteiger partial charge in [-0.3, -0.25) is 9.69 Å². The van der Waals surface area contributed by atoms with E-state index in [9.17, 15) is 14.4 Å². The number of primary amides is 1. The van der Waals surface area contributed by atoms with Crippen molar-refractivity contribution in [3.63, 3.8) is 0 Å². The van der Waals surface area contributed by atoms with E-state index in [4.69, 9.17) is 5.73 Å². The number of hydrogen-bond donors (Lipinski definition) is 3. The minimum absolute atomic E-state index is 0.0420. The molecular formula is C17H24N4O4. The van der Waals surface area contributed by atoms with E-state index in [1.807, 2.05) is 0 Å². The second-order valence-corrected chi connectivity index (χ2v) is 6.13. The minimum Gasteiger partial charge on any atom is -0.452 e. The highest BCUT2D eigenvalue weighted by Crippen LogP contribution is 2.24. The van der Waals surface area contributed by atoms with Gasteiger partial charge in [-0.15, -0.1) is 0 Å². The number of methoxy groups -OCH3 is 1. The lowest BCUT2D eigenvalue weighted by Gasteiger charge is -2.27. The average Bonchev–Trinajstić information content (AvgIpc) is 2.61. The van der Waals surface area contributed by atoms with Crippen LogP contribution in [0.5, 0.6) is 0 Å². The fourth-order valence-corrected chi connectivity index (χ4v) is 2.89. The summed E-state index contributed by atoms with van der Waals surface area (Å²) in [6.45, 7) is 0. The van der Waals surface area contributed by atoms with Crippen LogP contribution < -0.4 is 21.3 Å². The number of urea groups is 1. The van der Waals surface area contributed by atoms with Crippen molar-refractivity contribution >= 4 is 29.4 Å². The first-order valence-corrected chi connectivity index (χ1v) is 8.19. The summed E-state index contributed by atoms with van der Waals surface area (Å²) >= 11 is 0. The highest BCUT2D eigenvalue weighted by atomic mass is 16.5. The summed E-state index contributed by atoms with van der Waals surface area (Å²) in [5.74, 6) is -0.347. The number of hydrogen-bond acceptors (Lipinski definition) is 4. The summed E-state index contributed by atoms with van der Waals surface area (Å²) in [5, 5.41) is 5.66. The molecule has 0 aliphatic heterocycles. The Morgan fingerprint density at radius 2 is 1.72 bits per heavy atom. The van der Waals surface area contributed by atoms with Crippen molar-refractivity contribution in [2.75, 3.05) is 24.4 Å². The Balaban J connectivity index is 1.83. The Morgan fingerprint density at radius 1 is 1.12 bits per heavy atom. The highest BCUT2D eigenvalue weighted by Gasteiger charge is 2.25. The number of nitrogens with zero attached hydrogens (tertiary/aromatic N) is 1. The zero-order chi connectivity index (χ0) is 18.4. The number of rotatable bonds is 4. The molecule has 2 rings (SSSR count). The van der Waals surface area contributed by atoms with Gasteiger partial charge in [0.1, 0.15) is 0 Å². The zero-order valence-corrected chi connectivity index (χ0v) is 14.5. The molecule has 1 aliphatic carbocycles. The van der Waals surface area contributed by atoms with Crippen molar-refractivity contribution < 1.29 is 19.1 Å². The summed E-state index contributed by atoms with van der Waals surface area (Å²) in [7, 11) is 2.92. The number of nitrogens with two attached hydrogens (primary N) is 1. The van der Waals surface area contributed by atoms with Crippen LogP contribution in [0.25, 0.3) is 0 Å². The molecule has 1 saturated carbocycles. The van der Waals surface area contributed by atoms with Gasteiger partial charge in [0.15, 0.2) is 0 Å². The fourth-order valence-electron chi connectivity index (χ4n) is 2.89. The van der Waals surface area contributed by atoms with Crippen molar-refractivity contribution in [2.45, 2.75) is 31.7 Å². The van der Waals surface area contributed by atoms with E-state index in [2.05, 4.69) is 15.4 Å². The third-order valence-electron chi connectivity index (χ3n) is 4.43. The van der Waals surface area contributed by atoms with Crippen LogP contribution in [-0.4, -0.2) is 38.2 Å². The van der Waals surface area contributed by atoms with Crippen LogP contribution in [0.4, 0.5) is 21.0 Å². The number of benzene rings is 1. The van der Waals surface area contributed by atoms with E-state index in [1.165, 1.54) is 12.0 Å². The monoisotopic (exact) mass is 348 g/mol. The number of nitrogens with one attached hydrogen (secondary N) is 2. The van der Waals surface area contributed by atoms with Crippen LogP contribution in [0.2, 0.25) is 0 Å². The van der Waals surface area contributed by atoms with E-state index in [0.717, 1.165) is 12.8 Å². The molecule has 8 nitrogen and oxygen atoms in total. The Bertz CT molecular complexity index is 624. The SMILES string of the molecule is COC(=O)N(C)c1ccc(NC(=O)NC2CCC(C(N)=O)CC2)cc1. The lowest BCUT2D eigenvalue weighted by Crippen LogP contribution is -2.41. The predicted octanol–water partition coefficient (Wildman–Crippen LogP) is 2.05. The molecule has 0 unspecified atom stereocenters.